The van der Waals surface area contributed by atoms with Gasteiger partial charge in [0.15, 0.2) is 0 Å². The van der Waals surface area contributed by atoms with Crippen molar-refractivity contribution in [3.05, 3.63) is 62.9 Å². The molecule has 21 heavy (non-hydrogen) atoms. The van der Waals surface area contributed by atoms with Crippen LogP contribution in [0.4, 0.5) is 4.39 Å². The largest absolute Gasteiger partial charge is 0.488 e. The number of ether oxygens (including phenoxy) is 1. The van der Waals surface area contributed by atoms with Crippen molar-refractivity contribution >= 4 is 31.9 Å². The summed E-state index contributed by atoms with van der Waals surface area (Å²) in [5.74, 6) is 0.292. The monoisotopic (exact) mass is 411 g/mol. The molecule has 0 radical (unpaired) electrons. The minimum Gasteiger partial charge on any atom is -0.488 e. The van der Waals surface area contributed by atoms with Crippen LogP contribution in [-0.2, 0) is 11.9 Å². The topological polar surface area (TPSA) is 33.0 Å². The molecular formula is C16H12Br2FNO. The lowest BCUT2D eigenvalue weighted by Gasteiger charge is -2.14. The molecule has 0 bridgehead atoms. The summed E-state index contributed by atoms with van der Waals surface area (Å²) in [6.45, 7) is 2.26. The number of hydrogen-bond acceptors (Lipinski definition) is 2. The van der Waals surface area contributed by atoms with Gasteiger partial charge in [-0.25, -0.2) is 4.39 Å². The van der Waals surface area contributed by atoms with Crippen LogP contribution in [0.2, 0.25) is 0 Å². The number of alkyl halides is 1. The van der Waals surface area contributed by atoms with E-state index in [1.165, 1.54) is 12.1 Å². The number of hydrogen-bond donors (Lipinski definition) is 0. The van der Waals surface area contributed by atoms with E-state index in [2.05, 4.69) is 31.9 Å². The van der Waals surface area contributed by atoms with Gasteiger partial charge in [0.05, 0.1) is 5.56 Å². The number of halogens is 3. The van der Waals surface area contributed by atoms with Gasteiger partial charge in [0.25, 0.3) is 0 Å². The van der Waals surface area contributed by atoms with Gasteiger partial charge < -0.3 is 4.74 Å². The van der Waals surface area contributed by atoms with Crippen molar-refractivity contribution in [1.29, 1.82) is 5.26 Å². The molecule has 2 aromatic carbocycles. The fourth-order valence-electron chi connectivity index (χ4n) is 2.01. The van der Waals surface area contributed by atoms with E-state index in [1.54, 1.807) is 6.07 Å². The number of nitriles is 1. The van der Waals surface area contributed by atoms with Gasteiger partial charge in [-0.2, -0.15) is 5.26 Å². The third kappa shape index (κ3) is 3.84. The Bertz CT molecular complexity index is 710. The maximum atomic E-state index is 13.3. The van der Waals surface area contributed by atoms with Crippen molar-refractivity contribution in [2.75, 3.05) is 0 Å². The van der Waals surface area contributed by atoms with Crippen molar-refractivity contribution in [2.24, 2.45) is 0 Å². The second-order valence-corrected chi connectivity index (χ2v) is 6.04. The van der Waals surface area contributed by atoms with Gasteiger partial charge in [0.2, 0.25) is 0 Å². The van der Waals surface area contributed by atoms with E-state index < -0.39 is 5.82 Å². The Morgan fingerprint density at radius 1 is 1.29 bits per heavy atom. The first-order chi connectivity index (χ1) is 10.0. The van der Waals surface area contributed by atoms with Crippen LogP contribution in [0.3, 0.4) is 0 Å². The summed E-state index contributed by atoms with van der Waals surface area (Å²) in [6.07, 6.45) is 0. The highest BCUT2D eigenvalue weighted by molar-refractivity contribution is 9.10. The van der Waals surface area contributed by atoms with Crippen LogP contribution < -0.4 is 4.74 Å². The normalized spacial score (nSPS) is 10.2. The highest BCUT2D eigenvalue weighted by Crippen LogP contribution is 2.30. The third-order valence-electron chi connectivity index (χ3n) is 2.99. The molecule has 2 nitrogen and oxygen atoms in total. The molecule has 2 aromatic rings. The standard InChI is InChI=1S/C16H12Br2FNO/c1-10-4-14(18)6-12(7-17)16(10)21-9-11-2-3-15(19)13(5-11)8-20/h2-6H,7,9H2,1H3. The molecule has 0 heterocycles. The maximum absolute atomic E-state index is 13.3. The Kier molecular flexibility index (Phi) is 5.38. The van der Waals surface area contributed by atoms with Crippen LogP contribution in [0.25, 0.3) is 0 Å². The van der Waals surface area contributed by atoms with Crippen molar-refractivity contribution in [2.45, 2.75) is 18.9 Å². The Balaban J connectivity index is 2.23. The Hall–Kier alpha value is -1.38. The van der Waals surface area contributed by atoms with Crippen molar-refractivity contribution in [3.8, 4) is 11.8 Å². The van der Waals surface area contributed by atoms with E-state index in [1.807, 2.05) is 25.1 Å². The highest BCUT2D eigenvalue weighted by Gasteiger charge is 2.09. The first-order valence-corrected chi connectivity index (χ1v) is 8.13. The van der Waals surface area contributed by atoms with Gasteiger partial charge in [-0.05, 0) is 42.3 Å². The number of benzene rings is 2. The zero-order chi connectivity index (χ0) is 15.4. The number of nitrogens with zero attached hydrogens (tertiary/aromatic N) is 1. The zero-order valence-electron chi connectivity index (χ0n) is 11.3. The second kappa shape index (κ2) is 7.06. The second-order valence-electron chi connectivity index (χ2n) is 4.56. The average Bonchev–Trinajstić information content (AvgIpc) is 2.47. The number of rotatable bonds is 4. The Morgan fingerprint density at radius 3 is 2.71 bits per heavy atom. The predicted octanol–water partition coefficient (Wildman–Crippen LogP) is 5.24. The quantitative estimate of drug-likeness (QED) is 0.643. The lowest BCUT2D eigenvalue weighted by molar-refractivity contribution is 0.301. The highest BCUT2D eigenvalue weighted by atomic mass is 79.9. The summed E-state index contributed by atoms with van der Waals surface area (Å²) >= 11 is 6.90. The first kappa shape index (κ1) is 16.0. The summed E-state index contributed by atoms with van der Waals surface area (Å²) in [5, 5.41) is 9.52. The van der Waals surface area contributed by atoms with Crippen molar-refractivity contribution in [3.63, 3.8) is 0 Å². The summed E-state index contributed by atoms with van der Waals surface area (Å²) < 4.78 is 20.1. The molecule has 0 aliphatic heterocycles. The van der Waals surface area contributed by atoms with E-state index in [9.17, 15) is 4.39 Å². The van der Waals surface area contributed by atoms with Crippen LogP contribution in [-0.4, -0.2) is 0 Å². The molecule has 0 aliphatic carbocycles. The summed E-state index contributed by atoms with van der Waals surface area (Å²) in [6, 6.07) is 10.2. The molecule has 0 saturated heterocycles. The third-order valence-corrected chi connectivity index (χ3v) is 4.06. The van der Waals surface area contributed by atoms with E-state index in [4.69, 9.17) is 10.00 Å². The minimum atomic E-state index is -0.512. The van der Waals surface area contributed by atoms with Crippen LogP contribution in [0.1, 0.15) is 22.3 Å². The molecule has 0 atom stereocenters. The first-order valence-electron chi connectivity index (χ1n) is 6.21. The molecule has 0 spiro atoms. The van der Waals surface area contributed by atoms with Crippen molar-refractivity contribution < 1.29 is 9.13 Å². The van der Waals surface area contributed by atoms with Gasteiger partial charge >= 0.3 is 0 Å². The van der Waals surface area contributed by atoms with Gasteiger partial charge in [-0.3, -0.25) is 0 Å². The van der Waals surface area contributed by atoms with Crippen LogP contribution in [0.5, 0.6) is 5.75 Å². The Labute approximate surface area is 139 Å². The van der Waals surface area contributed by atoms with Crippen LogP contribution in [0, 0.1) is 24.1 Å². The summed E-state index contributed by atoms with van der Waals surface area (Å²) in [5.41, 5.74) is 2.84. The maximum Gasteiger partial charge on any atom is 0.140 e. The Morgan fingerprint density at radius 2 is 2.05 bits per heavy atom. The van der Waals surface area contributed by atoms with E-state index >= 15 is 0 Å². The lowest BCUT2D eigenvalue weighted by Crippen LogP contribution is -2.01. The van der Waals surface area contributed by atoms with E-state index in [-0.39, 0.29) is 12.2 Å². The van der Waals surface area contributed by atoms with Gasteiger partial charge in [0.1, 0.15) is 24.2 Å². The lowest BCUT2D eigenvalue weighted by atomic mass is 10.1. The molecule has 108 valence electrons. The van der Waals surface area contributed by atoms with Gasteiger partial charge in [-0.1, -0.05) is 37.9 Å². The smallest absolute Gasteiger partial charge is 0.140 e. The van der Waals surface area contributed by atoms with E-state index in [0.29, 0.717) is 5.33 Å². The molecule has 0 saturated carbocycles. The molecular weight excluding hydrogens is 401 g/mol. The molecule has 0 unspecified atom stereocenters. The molecule has 0 amide bonds. The molecule has 2 rings (SSSR count). The molecule has 0 N–H and O–H groups in total. The fraction of sp³-hybridized carbons (Fsp3) is 0.188. The van der Waals surface area contributed by atoms with Crippen LogP contribution in [0.15, 0.2) is 34.8 Å². The van der Waals surface area contributed by atoms with Gasteiger partial charge in [0, 0.05) is 15.4 Å². The van der Waals surface area contributed by atoms with Crippen LogP contribution >= 0.6 is 31.9 Å². The average molecular weight is 413 g/mol. The molecule has 0 aliphatic rings. The number of aryl methyl sites for hydroxylation is 1. The van der Waals surface area contributed by atoms with Gasteiger partial charge in [-0.15, -0.1) is 0 Å². The summed E-state index contributed by atoms with van der Waals surface area (Å²) in [7, 11) is 0. The van der Waals surface area contributed by atoms with Crippen molar-refractivity contribution in [1.82, 2.24) is 0 Å². The predicted molar refractivity (Wildman–Crippen MR) is 87.0 cm³/mol. The SMILES string of the molecule is Cc1cc(Br)cc(CBr)c1OCc1ccc(F)c(C#N)c1. The van der Waals surface area contributed by atoms with E-state index in [0.717, 1.165) is 26.9 Å². The molecule has 5 heteroatoms. The molecule has 0 aromatic heterocycles. The molecule has 0 fully saturated rings. The zero-order valence-corrected chi connectivity index (χ0v) is 14.5. The summed E-state index contributed by atoms with van der Waals surface area (Å²) in [4.78, 5) is 0. The minimum absolute atomic E-state index is 0.0318. The fourth-order valence-corrected chi connectivity index (χ4v) is 3.04.